The monoisotopic (exact) mass is 398 g/mol. The van der Waals surface area contributed by atoms with Gasteiger partial charge in [0.25, 0.3) is 0 Å². The minimum Gasteiger partial charge on any atom is -0.760 e. The maximum absolute atomic E-state index is 12.7. The van der Waals surface area contributed by atoms with E-state index in [1.807, 2.05) is 26.0 Å². The number of carbonyl (C=O) groups is 1. The van der Waals surface area contributed by atoms with E-state index in [0.29, 0.717) is 5.56 Å². The summed E-state index contributed by atoms with van der Waals surface area (Å²) in [5, 5.41) is 5.83. The van der Waals surface area contributed by atoms with Gasteiger partial charge in [0.05, 0.1) is 6.42 Å². The maximum Gasteiger partial charge on any atom is 0.222 e. The van der Waals surface area contributed by atoms with Crippen LogP contribution in [0.5, 0.6) is 0 Å². The summed E-state index contributed by atoms with van der Waals surface area (Å²) in [6.45, 7) is 6.00. The zero-order chi connectivity index (χ0) is 19.7. The first-order valence-electron chi connectivity index (χ1n) is 8.74. The molecule has 0 heterocycles. The van der Waals surface area contributed by atoms with E-state index >= 15 is 0 Å². The standard InChI is InChI=1S/C18H29N3O3S2/c1-5-7-15(6-2)20-16(22)12-18(17(25)19-4,21-26(23)24)14-10-8-13(3)9-11-14/h8-11,15,21H,5-7,12H2,1-4H3,(H,19,25)(H,20,22)(H,23,24)/p-1. The summed E-state index contributed by atoms with van der Waals surface area (Å²) in [6.07, 6.45) is 2.52. The molecule has 6 nitrogen and oxygen atoms in total. The number of amides is 1. The molecule has 26 heavy (non-hydrogen) atoms. The maximum atomic E-state index is 12.7. The Balaban J connectivity index is 3.24. The molecule has 0 saturated carbocycles. The summed E-state index contributed by atoms with van der Waals surface area (Å²) >= 11 is 2.80. The summed E-state index contributed by atoms with van der Waals surface area (Å²) in [7, 11) is 1.62. The highest BCUT2D eigenvalue weighted by molar-refractivity contribution is 7.80. The summed E-state index contributed by atoms with van der Waals surface area (Å²) in [5.74, 6) is -0.249. The molecule has 8 heteroatoms. The SMILES string of the molecule is CCCC(CC)NC(=O)CC(NS(=O)[O-])(C(=S)NC)c1ccc(C)cc1. The zero-order valence-corrected chi connectivity index (χ0v) is 17.4. The highest BCUT2D eigenvalue weighted by Gasteiger charge is 2.39. The number of hydrogen-bond donors (Lipinski definition) is 3. The van der Waals surface area contributed by atoms with Crippen LogP contribution in [0.4, 0.5) is 0 Å². The molecular weight excluding hydrogens is 370 g/mol. The second kappa shape index (κ2) is 10.7. The highest BCUT2D eigenvalue weighted by Crippen LogP contribution is 2.28. The first kappa shape index (κ1) is 22.7. The van der Waals surface area contributed by atoms with Crippen LogP contribution >= 0.6 is 12.2 Å². The Morgan fingerprint density at radius 2 is 1.92 bits per heavy atom. The molecule has 0 radical (unpaired) electrons. The van der Waals surface area contributed by atoms with Gasteiger partial charge in [0.1, 0.15) is 10.5 Å². The Kier molecular flexibility index (Phi) is 9.35. The molecule has 1 aromatic rings. The van der Waals surface area contributed by atoms with Crippen LogP contribution in [-0.4, -0.2) is 32.7 Å². The predicted octanol–water partition coefficient (Wildman–Crippen LogP) is 2.21. The summed E-state index contributed by atoms with van der Waals surface area (Å²) in [4.78, 5) is 12.9. The van der Waals surface area contributed by atoms with Crippen LogP contribution in [0.25, 0.3) is 0 Å². The van der Waals surface area contributed by atoms with Gasteiger partial charge in [-0.2, -0.15) is 0 Å². The number of rotatable bonds is 10. The van der Waals surface area contributed by atoms with Crippen molar-refractivity contribution in [2.24, 2.45) is 0 Å². The summed E-state index contributed by atoms with van der Waals surface area (Å²) < 4.78 is 25.5. The van der Waals surface area contributed by atoms with E-state index in [4.69, 9.17) is 12.2 Å². The lowest BCUT2D eigenvalue weighted by molar-refractivity contribution is -0.122. The molecule has 1 amide bonds. The molecule has 0 saturated heterocycles. The van der Waals surface area contributed by atoms with Crippen LogP contribution in [0.3, 0.4) is 0 Å². The topological polar surface area (TPSA) is 93.3 Å². The third-order valence-corrected chi connectivity index (χ3v) is 5.41. The van der Waals surface area contributed by atoms with Gasteiger partial charge in [-0.15, -0.1) is 0 Å². The van der Waals surface area contributed by atoms with Gasteiger partial charge < -0.3 is 15.2 Å². The molecule has 3 atom stereocenters. The fraction of sp³-hybridized carbons (Fsp3) is 0.556. The number of likely N-dealkylation sites (N-methyl/N-ethyl adjacent to an activating group) is 1. The molecule has 0 aliphatic heterocycles. The number of hydrogen-bond acceptors (Lipinski definition) is 4. The minimum absolute atomic E-state index is 0.0594. The lowest BCUT2D eigenvalue weighted by Crippen LogP contribution is -2.56. The number of carbonyl (C=O) groups excluding carboxylic acids is 1. The number of benzene rings is 1. The van der Waals surface area contributed by atoms with Crippen molar-refractivity contribution in [3.8, 4) is 0 Å². The summed E-state index contributed by atoms with van der Waals surface area (Å²) in [5.41, 5.74) is 0.309. The molecule has 1 aromatic carbocycles. The van der Waals surface area contributed by atoms with Gasteiger partial charge in [-0.1, -0.05) is 62.3 Å². The molecule has 3 N–H and O–H groups in total. The largest absolute Gasteiger partial charge is 0.760 e. The second-order valence-corrected chi connectivity index (χ2v) is 7.41. The van der Waals surface area contributed by atoms with Gasteiger partial charge in [-0.05, 0) is 25.3 Å². The summed E-state index contributed by atoms with van der Waals surface area (Å²) in [6, 6.07) is 7.36. The fourth-order valence-corrected chi connectivity index (χ4v) is 3.78. The Hall–Kier alpha value is -1.35. The molecule has 1 rings (SSSR count). The van der Waals surface area contributed by atoms with E-state index in [0.717, 1.165) is 24.8 Å². The number of thiocarbonyl (C=S) groups is 1. The molecule has 0 spiro atoms. The van der Waals surface area contributed by atoms with Gasteiger partial charge >= 0.3 is 0 Å². The molecule has 0 aromatic heterocycles. The van der Waals surface area contributed by atoms with E-state index in [1.165, 1.54) is 0 Å². The average molecular weight is 399 g/mol. The molecule has 0 aliphatic rings. The first-order valence-corrected chi connectivity index (χ1v) is 10.2. The minimum atomic E-state index is -2.60. The number of aryl methyl sites for hydroxylation is 1. The second-order valence-electron chi connectivity index (χ2n) is 6.33. The van der Waals surface area contributed by atoms with E-state index in [9.17, 15) is 13.6 Å². The molecular formula is C18H28N3O3S2-. The van der Waals surface area contributed by atoms with Crippen molar-refractivity contribution in [3.05, 3.63) is 35.4 Å². The quantitative estimate of drug-likeness (QED) is 0.415. The molecule has 0 aliphatic carbocycles. The molecule has 0 bridgehead atoms. The van der Waals surface area contributed by atoms with Crippen LogP contribution in [-0.2, 0) is 21.6 Å². The normalized spacial score (nSPS) is 15.6. The third-order valence-electron chi connectivity index (χ3n) is 4.34. The Bertz CT molecular complexity index is 637. The van der Waals surface area contributed by atoms with Crippen LogP contribution in [0.15, 0.2) is 24.3 Å². The van der Waals surface area contributed by atoms with E-state index in [1.54, 1.807) is 19.2 Å². The van der Waals surface area contributed by atoms with Gasteiger partial charge in [-0.3, -0.25) is 9.00 Å². The van der Waals surface area contributed by atoms with Crippen molar-refractivity contribution in [1.82, 2.24) is 15.4 Å². The lowest BCUT2D eigenvalue weighted by atomic mass is 9.86. The van der Waals surface area contributed by atoms with Crippen LogP contribution in [0.1, 0.15) is 50.7 Å². The molecule has 146 valence electrons. The Labute approximate surface area is 163 Å². The smallest absolute Gasteiger partial charge is 0.222 e. The van der Waals surface area contributed by atoms with Crippen molar-refractivity contribution >= 4 is 34.4 Å². The zero-order valence-electron chi connectivity index (χ0n) is 15.8. The van der Waals surface area contributed by atoms with Crippen molar-refractivity contribution in [2.75, 3.05) is 7.05 Å². The number of nitrogens with one attached hydrogen (secondary N) is 3. The van der Waals surface area contributed by atoms with Crippen LogP contribution in [0.2, 0.25) is 0 Å². The van der Waals surface area contributed by atoms with E-state index in [-0.39, 0.29) is 23.4 Å². The predicted molar refractivity (Wildman–Crippen MR) is 108 cm³/mol. The average Bonchev–Trinajstić information content (AvgIpc) is 2.60. The lowest BCUT2D eigenvalue weighted by Gasteiger charge is -2.36. The van der Waals surface area contributed by atoms with Crippen molar-refractivity contribution in [3.63, 3.8) is 0 Å². The van der Waals surface area contributed by atoms with E-state index < -0.39 is 16.8 Å². The third kappa shape index (κ3) is 6.12. The van der Waals surface area contributed by atoms with Crippen LogP contribution < -0.4 is 15.4 Å². The highest BCUT2D eigenvalue weighted by atomic mass is 32.2. The first-order chi connectivity index (χ1) is 12.3. The van der Waals surface area contributed by atoms with Gasteiger partial charge in [-0.25, -0.2) is 4.72 Å². The van der Waals surface area contributed by atoms with Gasteiger partial charge in [0.2, 0.25) is 5.91 Å². The van der Waals surface area contributed by atoms with Crippen molar-refractivity contribution < 1.29 is 13.6 Å². The molecule has 0 fully saturated rings. The van der Waals surface area contributed by atoms with E-state index in [2.05, 4.69) is 22.3 Å². The van der Waals surface area contributed by atoms with Gasteiger partial charge in [0, 0.05) is 24.4 Å². The Morgan fingerprint density at radius 3 is 2.38 bits per heavy atom. The molecule has 3 unspecified atom stereocenters. The fourth-order valence-electron chi connectivity index (χ4n) is 2.89. The van der Waals surface area contributed by atoms with Crippen molar-refractivity contribution in [1.29, 1.82) is 0 Å². The van der Waals surface area contributed by atoms with Crippen LogP contribution in [0, 0.1) is 6.92 Å². The Morgan fingerprint density at radius 1 is 1.31 bits per heavy atom. The van der Waals surface area contributed by atoms with Gasteiger partial charge in [0.15, 0.2) is 0 Å². The van der Waals surface area contributed by atoms with Crippen molar-refractivity contribution in [2.45, 2.75) is 58.0 Å².